The van der Waals surface area contributed by atoms with Gasteiger partial charge in [0.2, 0.25) is 5.91 Å². The summed E-state index contributed by atoms with van der Waals surface area (Å²) in [5.41, 5.74) is 7.99. The Balaban J connectivity index is 1.25. The van der Waals surface area contributed by atoms with Gasteiger partial charge in [0.1, 0.15) is 17.9 Å². The van der Waals surface area contributed by atoms with Crippen molar-refractivity contribution in [2.45, 2.75) is 64.5 Å². The summed E-state index contributed by atoms with van der Waals surface area (Å²) in [7, 11) is 1.90. The fourth-order valence-electron chi connectivity index (χ4n) is 5.16. The molecule has 2 N–H and O–H groups in total. The van der Waals surface area contributed by atoms with Gasteiger partial charge in [-0.1, -0.05) is 43.2 Å². The number of esters is 1. The number of carbonyl (C=O) groups excluding carboxylic acids is 2. The second-order valence-electron chi connectivity index (χ2n) is 10.8. The molecule has 2 aromatic rings. The molecule has 1 amide bonds. The number of benzene rings is 2. The lowest BCUT2D eigenvalue weighted by Crippen LogP contribution is -2.43. The lowest BCUT2D eigenvalue weighted by Gasteiger charge is -2.30. The van der Waals surface area contributed by atoms with Crippen LogP contribution < -0.4 is 10.5 Å². The summed E-state index contributed by atoms with van der Waals surface area (Å²) in [5.74, 6) is 1.44. The molecule has 1 aliphatic carbocycles. The summed E-state index contributed by atoms with van der Waals surface area (Å²) >= 11 is 0. The van der Waals surface area contributed by atoms with E-state index in [1.54, 1.807) is 4.90 Å². The Kier molecular flexibility index (Phi) is 8.92. The summed E-state index contributed by atoms with van der Waals surface area (Å²) in [6.07, 6.45) is 6.18. The molecule has 0 unspecified atom stereocenters. The van der Waals surface area contributed by atoms with Gasteiger partial charge in [-0.05, 0) is 62.8 Å². The highest BCUT2D eigenvalue weighted by atomic mass is 16.6. The number of guanidine groups is 1. The van der Waals surface area contributed by atoms with Crippen LogP contribution in [0.1, 0.15) is 63.5 Å². The van der Waals surface area contributed by atoms with Gasteiger partial charge in [0.25, 0.3) is 0 Å². The first kappa shape index (κ1) is 27.5. The molecular weight excluding hydrogens is 480 g/mol. The van der Waals surface area contributed by atoms with E-state index in [0.29, 0.717) is 37.7 Å². The largest absolute Gasteiger partial charge is 0.494 e. The number of nitrogens with two attached hydrogens (primary N) is 1. The zero-order valence-corrected chi connectivity index (χ0v) is 22.8. The van der Waals surface area contributed by atoms with E-state index < -0.39 is 5.60 Å². The van der Waals surface area contributed by atoms with Crippen molar-refractivity contribution in [2.75, 3.05) is 26.7 Å². The van der Waals surface area contributed by atoms with Crippen LogP contribution in [0, 0.1) is 5.92 Å². The van der Waals surface area contributed by atoms with Crippen LogP contribution in [0.3, 0.4) is 0 Å². The summed E-state index contributed by atoms with van der Waals surface area (Å²) in [5, 5.41) is 0. The van der Waals surface area contributed by atoms with Gasteiger partial charge < -0.3 is 25.0 Å². The van der Waals surface area contributed by atoms with E-state index in [1.165, 1.54) is 25.7 Å². The molecule has 0 aromatic heterocycles. The Bertz CT molecular complexity index is 1140. The Morgan fingerprint density at radius 2 is 1.87 bits per heavy atom. The van der Waals surface area contributed by atoms with Crippen LogP contribution in [0.25, 0.3) is 0 Å². The zero-order valence-electron chi connectivity index (χ0n) is 22.8. The monoisotopic (exact) mass is 520 g/mol. The fourth-order valence-corrected chi connectivity index (χ4v) is 5.16. The first-order valence-corrected chi connectivity index (χ1v) is 13.6. The SMILES string of the molecule is CN(CC1CCCC1)C(=O)CCCOc1ccc2c(c1)CN(CC(=O)OC(C)(C)c1ccccc1)C(N)=N2. The predicted molar refractivity (Wildman–Crippen MR) is 148 cm³/mol. The smallest absolute Gasteiger partial charge is 0.326 e. The van der Waals surface area contributed by atoms with Gasteiger partial charge >= 0.3 is 5.97 Å². The van der Waals surface area contributed by atoms with E-state index in [2.05, 4.69) is 4.99 Å². The molecule has 1 aliphatic heterocycles. The highest BCUT2D eigenvalue weighted by molar-refractivity contribution is 5.87. The quantitative estimate of drug-likeness (QED) is 0.340. The summed E-state index contributed by atoms with van der Waals surface area (Å²) in [6.45, 7) is 5.47. The van der Waals surface area contributed by atoms with Gasteiger partial charge in [-0.15, -0.1) is 0 Å². The van der Waals surface area contributed by atoms with E-state index >= 15 is 0 Å². The van der Waals surface area contributed by atoms with Gasteiger partial charge in [-0.3, -0.25) is 9.59 Å². The molecule has 8 nitrogen and oxygen atoms in total. The Hall–Kier alpha value is -3.55. The number of hydrogen-bond acceptors (Lipinski definition) is 7. The molecule has 2 aliphatic rings. The average Bonchev–Trinajstić information content (AvgIpc) is 3.40. The summed E-state index contributed by atoms with van der Waals surface area (Å²) in [6, 6.07) is 15.3. The molecular formula is C30H40N4O4. The van der Waals surface area contributed by atoms with Gasteiger partial charge in [-0.25, -0.2) is 4.99 Å². The zero-order chi connectivity index (χ0) is 27.1. The standard InChI is InChI=1S/C30H40N4O4/c1-30(2,24-12-5-4-6-13-24)38-28(36)21-34-20-23-18-25(15-16-26(23)32-29(34)31)37-17-9-14-27(35)33(3)19-22-10-7-8-11-22/h4-6,12-13,15-16,18,22H,7-11,14,17,19-21H2,1-3H3,(H2,31,32). The lowest BCUT2D eigenvalue weighted by molar-refractivity contribution is -0.158. The van der Waals surface area contributed by atoms with E-state index in [0.717, 1.165) is 23.4 Å². The maximum Gasteiger partial charge on any atom is 0.326 e. The van der Waals surface area contributed by atoms with Crippen LogP contribution in [0.15, 0.2) is 53.5 Å². The number of hydrogen-bond donors (Lipinski definition) is 1. The van der Waals surface area contributed by atoms with Crippen molar-refractivity contribution < 1.29 is 19.1 Å². The minimum absolute atomic E-state index is 0.00733. The second kappa shape index (κ2) is 12.3. The highest BCUT2D eigenvalue weighted by Crippen LogP contribution is 2.30. The molecule has 0 spiro atoms. The molecule has 0 atom stereocenters. The first-order chi connectivity index (χ1) is 18.2. The van der Waals surface area contributed by atoms with Gasteiger partial charge in [0.05, 0.1) is 12.3 Å². The number of carbonyl (C=O) groups is 2. The van der Waals surface area contributed by atoms with Gasteiger partial charge in [0, 0.05) is 32.1 Å². The van der Waals surface area contributed by atoms with Gasteiger partial charge in [-0.2, -0.15) is 0 Å². The van der Waals surface area contributed by atoms with Crippen LogP contribution >= 0.6 is 0 Å². The molecule has 1 heterocycles. The molecule has 4 rings (SSSR count). The third-order valence-electron chi connectivity index (χ3n) is 7.37. The molecule has 38 heavy (non-hydrogen) atoms. The molecule has 2 aromatic carbocycles. The summed E-state index contributed by atoms with van der Waals surface area (Å²) < 4.78 is 11.7. The minimum Gasteiger partial charge on any atom is -0.494 e. The topological polar surface area (TPSA) is 97.5 Å². The number of amides is 1. The summed E-state index contributed by atoms with van der Waals surface area (Å²) in [4.78, 5) is 33.3. The number of nitrogens with zero attached hydrogens (tertiary/aromatic N) is 3. The Morgan fingerprint density at radius 3 is 2.61 bits per heavy atom. The Labute approximate surface area is 225 Å². The Morgan fingerprint density at radius 1 is 1.13 bits per heavy atom. The lowest BCUT2D eigenvalue weighted by atomic mass is 9.98. The van der Waals surface area contributed by atoms with Crippen molar-refractivity contribution in [1.29, 1.82) is 0 Å². The number of aliphatic imine (C=N–C) groups is 1. The third kappa shape index (κ3) is 7.27. The van der Waals surface area contributed by atoms with Crippen molar-refractivity contribution in [3.05, 3.63) is 59.7 Å². The van der Waals surface area contributed by atoms with Gasteiger partial charge in [0.15, 0.2) is 5.96 Å². The third-order valence-corrected chi connectivity index (χ3v) is 7.37. The van der Waals surface area contributed by atoms with Crippen molar-refractivity contribution in [1.82, 2.24) is 9.80 Å². The van der Waals surface area contributed by atoms with Crippen molar-refractivity contribution >= 4 is 23.5 Å². The van der Waals surface area contributed by atoms with Crippen molar-refractivity contribution in [3.8, 4) is 5.75 Å². The molecule has 1 fully saturated rings. The van der Waals surface area contributed by atoms with Crippen LogP contribution in [0.2, 0.25) is 0 Å². The maximum absolute atomic E-state index is 12.8. The number of ether oxygens (including phenoxy) is 2. The molecule has 0 radical (unpaired) electrons. The second-order valence-corrected chi connectivity index (χ2v) is 10.8. The first-order valence-electron chi connectivity index (χ1n) is 13.6. The molecule has 1 saturated carbocycles. The average molecular weight is 521 g/mol. The van der Waals surface area contributed by atoms with Crippen LogP contribution in [-0.2, 0) is 26.5 Å². The van der Waals surface area contributed by atoms with E-state index in [4.69, 9.17) is 15.2 Å². The van der Waals surface area contributed by atoms with Crippen LogP contribution in [0.4, 0.5) is 5.69 Å². The maximum atomic E-state index is 12.8. The van der Waals surface area contributed by atoms with E-state index in [1.807, 2.05) is 74.3 Å². The minimum atomic E-state index is -0.758. The van der Waals surface area contributed by atoms with Crippen molar-refractivity contribution in [3.63, 3.8) is 0 Å². The molecule has 204 valence electrons. The molecule has 0 saturated heterocycles. The highest BCUT2D eigenvalue weighted by Gasteiger charge is 2.28. The normalized spacial score (nSPS) is 15.6. The van der Waals surface area contributed by atoms with Crippen LogP contribution in [0.5, 0.6) is 5.75 Å². The molecule has 0 bridgehead atoms. The van der Waals surface area contributed by atoms with Crippen LogP contribution in [-0.4, -0.2) is 54.4 Å². The fraction of sp³-hybridized carbons (Fsp3) is 0.500. The van der Waals surface area contributed by atoms with E-state index in [-0.39, 0.29) is 24.4 Å². The van der Waals surface area contributed by atoms with Crippen molar-refractivity contribution in [2.24, 2.45) is 16.6 Å². The predicted octanol–water partition coefficient (Wildman–Crippen LogP) is 4.73. The van der Waals surface area contributed by atoms with E-state index in [9.17, 15) is 9.59 Å². The number of rotatable bonds is 11. The number of fused-ring (bicyclic) bond motifs is 1. The molecule has 8 heteroatoms.